The van der Waals surface area contributed by atoms with Crippen LogP contribution in [0.2, 0.25) is 5.02 Å². The van der Waals surface area contributed by atoms with E-state index in [2.05, 4.69) is 25.0 Å². The first-order chi connectivity index (χ1) is 14.7. The summed E-state index contributed by atoms with van der Waals surface area (Å²) in [6, 6.07) is 17.3. The number of hydrogen-bond donors (Lipinski definition) is 0. The molecule has 0 aliphatic carbocycles. The van der Waals surface area contributed by atoms with E-state index >= 15 is 0 Å². The van der Waals surface area contributed by atoms with Gasteiger partial charge in [0.2, 0.25) is 11.8 Å². The third kappa shape index (κ3) is 4.89. The highest BCUT2D eigenvalue weighted by molar-refractivity contribution is 7.98. The number of nitrogens with zero attached hydrogens (tertiary/aromatic N) is 5. The molecule has 0 saturated heterocycles. The molecule has 9 heteroatoms. The molecule has 0 saturated carbocycles. The van der Waals surface area contributed by atoms with Crippen LogP contribution in [0, 0.1) is 0 Å². The van der Waals surface area contributed by atoms with Crippen molar-refractivity contribution in [3.63, 3.8) is 0 Å². The minimum Gasteiger partial charge on any atom is -0.420 e. The second-order valence-corrected chi connectivity index (χ2v) is 7.85. The average Bonchev–Trinajstić information content (AvgIpc) is 3.41. The van der Waals surface area contributed by atoms with Gasteiger partial charge in [-0.1, -0.05) is 41.6 Å². The van der Waals surface area contributed by atoms with Crippen molar-refractivity contribution in [2.24, 2.45) is 0 Å². The van der Waals surface area contributed by atoms with Crippen LogP contribution in [0.25, 0.3) is 22.8 Å². The van der Waals surface area contributed by atoms with Gasteiger partial charge in [-0.15, -0.1) is 20.4 Å². The van der Waals surface area contributed by atoms with Gasteiger partial charge in [-0.25, -0.2) is 0 Å². The number of methoxy groups -OCH3 is 1. The van der Waals surface area contributed by atoms with Gasteiger partial charge < -0.3 is 13.7 Å². The number of thioether (sulfide) groups is 1. The van der Waals surface area contributed by atoms with Crippen LogP contribution >= 0.6 is 23.4 Å². The van der Waals surface area contributed by atoms with Gasteiger partial charge in [-0.05, 0) is 42.8 Å². The molecular formula is C21H20ClN5O2S. The lowest BCUT2D eigenvalue weighted by molar-refractivity contribution is 0.189. The van der Waals surface area contributed by atoms with Gasteiger partial charge in [-0.3, -0.25) is 0 Å². The number of hydrogen-bond acceptors (Lipinski definition) is 7. The fourth-order valence-corrected chi connectivity index (χ4v) is 3.84. The van der Waals surface area contributed by atoms with E-state index < -0.39 is 0 Å². The zero-order chi connectivity index (χ0) is 20.8. The summed E-state index contributed by atoms with van der Waals surface area (Å²) in [4.78, 5) is 0. The highest BCUT2D eigenvalue weighted by Crippen LogP contribution is 2.28. The maximum atomic E-state index is 6.02. The Hall–Kier alpha value is -2.68. The summed E-state index contributed by atoms with van der Waals surface area (Å²) in [6.45, 7) is 1.40. The van der Waals surface area contributed by atoms with Crippen LogP contribution in [-0.2, 0) is 17.0 Å². The second-order valence-electron chi connectivity index (χ2n) is 6.47. The minimum absolute atomic E-state index is 0.503. The fourth-order valence-electron chi connectivity index (χ4n) is 2.91. The van der Waals surface area contributed by atoms with Crippen LogP contribution in [0.15, 0.2) is 64.2 Å². The maximum absolute atomic E-state index is 6.02. The number of rotatable bonds is 9. The topological polar surface area (TPSA) is 78.9 Å². The Morgan fingerprint density at radius 3 is 2.53 bits per heavy atom. The van der Waals surface area contributed by atoms with Crippen molar-refractivity contribution in [3.8, 4) is 22.8 Å². The van der Waals surface area contributed by atoms with Crippen LogP contribution in [0.4, 0.5) is 0 Å². The van der Waals surface area contributed by atoms with Crippen molar-refractivity contribution in [1.29, 1.82) is 0 Å². The van der Waals surface area contributed by atoms with Crippen molar-refractivity contribution in [1.82, 2.24) is 25.0 Å². The molecule has 0 spiro atoms. The molecule has 154 valence electrons. The molecule has 7 nitrogen and oxygen atoms in total. The summed E-state index contributed by atoms with van der Waals surface area (Å²) < 4.78 is 13.1. The molecule has 0 amide bonds. The molecule has 0 aliphatic heterocycles. The van der Waals surface area contributed by atoms with E-state index in [0.717, 1.165) is 35.1 Å². The van der Waals surface area contributed by atoms with Gasteiger partial charge >= 0.3 is 0 Å². The standard InChI is InChI=1S/C21H20ClN5O2S/c1-28-13-5-12-27-19(15-8-10-17(22)11-9-15)24-26-21(27)30-14-18-23-25-20(29-18)16-6-3-2-4-7-16/h2-4,6-11H,5,12-14H2,1H3. The van der Waals surface area contributed by atoms with E-state index in [4.69, 9.17) is 20.8 Å². The normalized spacial score (nSPS) is 11.1. The molecule has 4 rings (SSSR count). The smallest absolute Gasteiger partial charge is 0.247 e. The molecule has 2 aromatic carbocycles. The summed E-state index contributed by atoms with van der Waals surface area (Å²) in [5, 5.41) is 18.6. The van der Waals surface area contributed by atoms with Gasteiger partial charge in [0.1, 0.15) is 0 Å². The summed E-state index contributed by atoms with van der Waals surface area (Å²) >= 11 is 7.54. The molecule has 0 bridgehead atoms. The molecule has 0 radical (unpaired) electrons. The zero-order valence-corrected chi connectivity index (χ0v) is 17.9. The predicted molar refractivity (Wildman–Crippen MR) is 116 cm³/mol. The molecule has 2 heterocycles. The lowest BCUT2D eigenvalue weighted by Crippen LogP contribution is -2.05. The Kier molecular flexibility index (Phi) is 6.78. The summed E-state index contributed by atoms with van der Waals surface area (Å²) in [5.41, 5.74) is 1.86. The van der Waals surface area contributed by atoms with Crippen molar-refractivity contribution in [3.05, 3.63) is 65.5 Å². The largest absolute Gasteiger partial charge is 0.420 e. The Labute approximate surface area is 183 Å². The predicted octanol–water partition coefficient (Wildman–Crippen LogP) is 4.98. The van der Waals surface area contributed by atoms with Crippen LogP contribution in [0.3, 0.4) is 0 Å². The van der Waals surface area contributed by atoms with Crippen molar-refractivity contribution in [2.75, 3.05) is 13.7 Å². The van der Waals surface area contributed by atoms with Crippen molar-refractivity contribution < 1.29 is 9.15 Å². The van der Waals surface area contributed by atoms with E-state index in [-0.39, 0.29) is 0 Å². The SMILES string of the molecule is COCCCn1c(SCc2nnc(-c3ccccc3)o2)nnc1-c1ccc(Cl)cc1. The highest BCUT2D eigenvalue weighted by atomic mass is 35.5. The van der Waals surface area contributed by atoms with Crippen LogP contribution < -0.4 is 0 Å². The van der Waals surface area contributed by atoms with Gasteiger partial charge in [0.05, 0.1) is 5.75 Å². The minimum atomic E-state index is 0.503. The van der Waals surface area contributed by atoms with Crippen molar-refractivity contribution in [2.45, 2.75) is 23.9 Å². The third-order valence-electron chi connectivity index (χ3n) is 4.36. The highest BCUT2D eigenvalue weighted by Gasteiger charge is 2.16. The molecule has 0 atom stereocenters. The van der Waals surface area contributed by atoms with E-state index in [1.54, 1.807) is 7.11 Å². The van der Waals surface area contributed by atoms with Gasteiger partial charge in [-0.2, -0.15) is 0 Å². The lowest BCUT2D eigenvalue weighted by atomic mass is 10.2. The lowest BCUT2D eigenvalue weighted by Gasteiger charge is -2.09. The van der Waals surface area contributed by atoms with Gasteiger partial charge in [0, 0.05) is 36.4 Å². The fraction of sp³-hybridized carbons (Fsp3) is 0.238. The molecule has 0 aliphatic rings. The first-order valence-electron chi connectivity index (χ1n) is 9.43. The Balaban J connectivity index is 1.52. The van der Waals surface area contributed by atoms with E-state index in [9.17, 15) is 0 Å². The first-order valence-corrected chi connectivity index (χ1v) is 10.8. The molecule has 0 unspecified atom stereocenters. The Bertz CT molecular complexity index is 1080. The van der Waals surface area contributed by atoms with E-state index in [0.29, 0.717) is 29.2 Å². The summed E-state index contributed by atoms with van der Waals surface area (Å²) in [5.74, 6) is 2.34. The molecule has 2 aromatic heterocycles. The number of benzene rings is 2. The van der Waals surface area contributed by atoms with Crippen molar-refractivity contribution >= 4 is 23.4 Å². The van der Waals surface area contributed by atoms with Gasteiger partial charge in [0.25, 0.3) is 0 Å². The monoisotopic (exact) mass is 441 g/mol. The number of halogens is 1. The van der Waals surface area contributed by atoms with E-state index in [1.165, 1.54) is 11.8 Å². The van der Waals surface area contributed by atoms with Gasteiger partial charge in [0.15, 0.2) is 11.0 Å². The third-order valence-corrected chi connectivity index (χ3v) is 5.57. The number of ether oxygens (including phenoxy) is 1. The molecule has 30 heavy (non-hydrogen) atoms. The Morgan fingerprint density at radius 2 is 1.77 bits per heavy atom. The summed E-state index contributed by atoms with van der Waals surface area (Å²) in [6.07, 6.45) is 0.849. The number of aromatic nitrogens is 5. The zero-order valence-electron chi connectivity index (χ0n) is 16.4. The quantitative estimate of drug-likeness (QED) is 0.268. The summed E-state index contributed by atoms with van der Waals surface area (Å²) in [7, 11) is 1.70. The molecule has 0 fully saturated rings. The molecule has 0 N–H and O–H groups in total. The van der Waals surface area contributed by atoms with Crippen LogP contribution in [-0.4, -0.2) is 38.7 Å². The molecular weight excluding hydrogens is 422 g/mol. The Morgan fingerprint density at radius 1 is 0.967 bits per heavy atom. The first kappa shape index (κ1) is 20.6. The molecule has 4 aromatic rings. The van der Waals surface area contributed by atoms with Crippen LogP contribution in [0.1, 0.15) is 12.3 Å². The van der Waals surface area contributed by atoms with E-state index in [1.807, 2.05) is 54.6 Å². The second kappa shape index (κ2) is 9.88. The maximum Gasteiger partial charge on any atom is 0.247 e. The van der Waals surface area contributed by atoms with Crippen LogP contribution in [0.5, 0.6) is 0 Å². The average molecular weight is 442 g/mol.